The fraction of sp³-hybridized carbons (Fsp3) is 0.300. The molecule has 0 spiro atoms. The van der Waals surface area contributed by atoms with Crippen molar-refractivity contribution in [2.24, 2.45) is 0 Å². The standard InChI is InChI=1S/C10H12O2S/c1-2-10(11)9-5-3-4-8(6-9)7-12-13/h3-6,13H,2,7H2,1H3. The Hall–Kier alpha value is -0.800. The molecule has 0 aliphatic carbocycles. The van der Waals surface area contributed by atoms with Gasteiger partial charge in [0.25, 0.3) is 0 Å². The van der Waals surface area contributed by atoms with Crippen LogP contribution in [0, 0.1) is 0 Å². The smallest absolute Gasteiger partial charge is 0.162 e. The van der Waals surface area contributed by atoms with Crippen molar-refractivity contribution in [2.45, 2.75) is 20.0 Å². The summed E-state index contributed by atoms with van der Waals surface area (Å²) in [7, 11) is 0. The molecule has 0 saturated carbocycles. The molecule has 0 unspecified atom stereocenters. The predicted octanol–water partition coefficient (Wildman–Crippen LogP) is 2.64. The summed E-state index contributed by atoms with van der Waals surface area (Å²) in [5, 5.41) is 0. The van der Waals surface area contributed by atoms with Crippen LogP contribution in [0.5, 0.6) is 0 Å². The van der Waals surface area contributed by atoms with Gasteiger partial charge in [0.05, 0.1) is 6.61 Å². The van der Waals surface area contributed by atoms with E-state index in [2.05, 4.69) is 17.1 Å². The summed E-state index contributed by atoms with van der Waals surface area (Å²) in [6, 6.07) is 7.41. The minimum absolute atomic E-state index is 0.154. The zero-order valence-corrected chi connectivity index (χ0v) is 8.38. The molecule has 1 aromatic rings. The highest BCUT2D eigenvalue weighted by Crippen LogP contribution is 2.09. The average Bonchev–Trinajstić information content (AvgIpc) is 2.18. The van der Waals surface area contributed by atoms with E-state index in [1.807, 2.05) is 31.2 Å². The van der Waals surface area contributed by atoms with E-state index in [1.54, 1.807) is 0 Å². The highest BCUT2D eigenvalue weighted by molar-refractivity contribution is 7.75. The minimum Gasteiger partial charge on any atom is -0.314 e. The zero-order chi connectivity index (χ0) is 9.68. The molecule has 0 atom stereocenters. The first kappa shape index (κ1) is 10.3. The van der Waals surface area contributed by atoms with Crippen molar-refractivity contribution < 1.29 is 8.98 Å². The summed E-state index contributed by atoms with van der Waals surface area (Å²) >= 11 is 3.66. The SMILES string of the molecule is CCC(=O)c1cccc(COS)c1. The molecular formula is C10H12O2S. The van der Waals surface area contributed by atoms with Crippen LogP contribution in [0.15, 0.2) is 24.3 Å². The summed E-state index contributed by atoms with van der Waals surface area (Å²) in [6.07, 6.45) is 0.533. The lowest BCUT2D eigenvalue weighted by molar-refractivity contribution is 0.0988. The van der Waals surface area contributed by atoms with Crippen LogP contribution >= 0.6 is 12.9 Å². The van der Waals surface area contributed by atoms with Crippen LogP contribution in [0.2, 0.25) is 0 Å². The highest BCUT2D eigenvalue weighted by atomic mass is 32.1. The van der Waals surface area contributed by atoms with E-state index < -0.39 is 0 Å². The second kappa shape index (κ2) is 5.04. The van der Waals surface area contributed by atoms with Gasteiger partial charge in [-0.25, -0.2) is 0 Å². The van der Waals surface area contributed by atoms with Crippen LogP contribution in [-0.2, 0) is 10.8 Å². The Labute approximate surface area is 83.5 Å². The monoisotopic (exact) mass is 196 g/mol. The van der Waals surface area contributed by atoms with E-state index in [0.717, 1.165) is 11.1 Å². The lowest BCUT2D eigenvalue weighted by atomic mass is 10.1. The Morgan fingerprint density at radius 1 is 1.54 bits per heavy atom. The molecule has 0 N–H and O–H groups in total. The van der Waals surface area contributed by atoms with Gasteiger partial charge in [0.1, 0.15) is 0 Å². The zero-order valence-electron chi connectivity index (χ0n) is 7.49. The van der Waals surface area contributed by atoms with E-state index in [1.165, 1.54) is 0 Å². The largest absolute Gasteiger partial charge is 0.314 e. The molecule has 0 amide bonds. The average molecular weight is 196 g/mol. The van der Waals surface area contributed by atoms with Gasteiger partial charge in [0, 0.05) is 12.0 Å². The number of benzene rings is 1. The maximum atomic E-state index is 11.3. The van der Waals surface area contributed by atoms with Crippen molar-refractivity contribution in [3.63, 3.8) is 0 Å². The maximum absolute atomic E-state index is 11.3. The van der Waals surface area contributed by atoms with E-state index in [9.17, 15) is 4.79 Å². The van der Waals surface area contributed by atoms with Gasteiger partial charge in [-0.1, -0.05) is 25.1 Å². The fourth-order valence-corrected chi connectivity index (χ4v) is 1.26. The van der Waals surface area contributed by atoms with Crippen molar-refractivity contribution in [1.82, 2.24) is 0 Å². The molecule has 0 radical (unpaired) electrons. The topological polar surface area (TPSA) is 26.3 Å². The van der Waals surface area contributed by atoms with Crippen LogP contribution < -0.4 is 0 Å². The normalized spacial score (nSPS) is 10.0. The summed E-state index contributed by atoms with van der Waals surface area (Å²) in [6.45, 7) is 2.28. The first-order valence-electron chi connectivity index (χ1n) is 4.16. The summed E-state index contributed by atoms with van der Waals surface area (Å²) in [5.74, 6) is 0.154. The Bertz CT molecular complexity index is 297. The van der Waals surface area contributed by atoms with Crippen molar-refractivity contribution >= 4 is 18.7 Å². The second-order valence-corrected chi connectivity index (χ2v) is 3.01. The third kappa shape index (κ3) is 2.86. The fourth-order valence-electron chi connectivity index (χ4n) is 1.11. The molecule has 0 heterocycles. The Kier molecular flexibility index (Phi) is 3.99. The predicted molar refractivity (Wildman–Crippen MR) is 54.8 cm³/mol. The number of ketones is 1. The van der Waals surface area contributed by atoms with Crippen molar-refractivity contribution in [3.05, 3.63) is 35.4 Å². The van der Waals surface area contributed by atoms with Crippen LogP contribution in [0.3, 0.4) is 0 Å². The lowest BCUT2D eigenvalue weighted by Gasteiger charge is -2.01. The molecule has 0 aliphatic heterocycles. The van der Waals surface area contributed by atoms with Crippen LogP contribution in [0.4, 0.5) is 0 Å². The Balaban J connectivity index is 2.85. The molecule has 1 rings (SSSR count). The lowest BCUT2D eigenvalue weighted by Crippen LogP contribution is -1.97. The van der Waals surface area contributed by atoms with Gasteiger partial charge in [0.2, 0.25) is 0 Å². The number of rotatable bonds is 4. The number of hydrogen-bond donors (Lipinski definition) is 1. The van der Waals surface area contributed by atoms with Crippen LogP contribution in [0.1, 0.15) is 29.3 Å². The molecule has 2 nitrogen and oxygen atoms in total. The third-order valence-corrected chi connectivity index (χ3v) is 1.93. The molecule has 3 heteroatoms. The second-order valence-electron chi connectivity index (χ2n) is 2.75. The van der Waals surface area contributed by atoms with Gasteiger partial charge < -0.3 is 4.18 Å². The molecule has 0 aromatic heterocycles. The summed E-state index contributed by atoms with van der Waals surface area (Å²) < 4.78 is 4.68. The van der Waals surface area contributed by atoms with Crippen molar-refractivity contribution in [2.75, 3.05) is 0 Å². The van der Waals surface area contributed by atoms with Gasteiger partial charge in [-0.15, -0.1) is 0 Å². The molecule has 0 bridgehead atoms. The maximum Gasteiger partial charge on any atom is 0.162 e. The van der Waals surface area contributed by atoms with E-state index >= 15 is 0 Å². The Morgan fingerprint density at radius 3 is 2.92 bits per heavy atom. The van der Waals surface area contributed by atoms with Gasteiger partial charge in [0.15, 0.2) is 5.78 Å². The quantitative estimate of drug-likeness (QED) is 0.455. The number of Topliss-reactive ketones (excluding diaryl/α,β-unsaturated/α-hetero) is 1. The van der Waals surface area contributed by atoms with Crippen molar-refractivity contribution in [3.8, 4) is 0 Å². The number of hydrogen-bond acceptors (Lipinski definition) is 3. The number of carbonyl (C=O) groups excluding carboxylic acids is 1. The summed E-state index contributed by atoms with van der Waals surface area (Å²) in [4.78, 5) is 11.3. The molecule has 0 aliphatic rings. The van der Waals surface area contributed by atoms with E-state index in [0.29, 0.717) is 13.0 Å². The van der Waals surface area contributed by atoms with Gasteiger partial charge in [-0.2, -0.15) is 0 Å². The Morgan fingerprint density at radius 2 is 2.31 bits per heavy atom. The molecule has 1 aromatic carbocycles. The molecule has 0 saturated heterocycles. The molecular weight excluding hydrogens is 184 g/mol. The van der Waals surface area contributed by atoms with Gasteiger partial charge in [-0.05, 0) is 24.5 Å². The molecule has 13 heavy (non-hydrogen) atoms. The first-order valence-corrected chi connectivity index (χ1v) is 4.53. The number of carbonyl (C=O) groups is 1. The van der Waals surface area contributed by atoms with Gasteiger partial charge >= 0.3 is 0 Å². The summed E-state index contributed by atoms with van der Waals surface area (Å²) in [5.41, 5.74) is 1.71. The third-order valence-electron chi connectivity index (χ3n) is 1.80. The van der Waals surface area contributed by atoms with Crippen molar-refractivity contribution in [1.29, 1.82) is 0 Å². The first-order chi connectivity index (χ1) is 6.27. The van der Waals surface area contributed by atoms with Crippen LogP contribution in [0.25, 0.3) is 0 Å². The minimum atomic E-state index is 0.154. The number of thiol groups is 1. The van der Waals surface area contributed by atoms with E-state index in [4.69, 9.17) is 0 Å². The molecule has 0 fully saturated rings. The van der Waals surface area contributed by atoms with Crippen LogP contribution in [-0.4, -0.2) is 5.78 Å². The van der Waals surface area contributed by atoms with Gasteiger partial charge in [-0.3, -0.25) is 4.79 Å². The highest BCUT2D eigenvalue weighted by Gasteiger charge is 2.02. The molecule has 70 valence electrons. The van der Waals surface area contributed by atoms with E-state index in [-0.39, 0.29) is 5.78 Å².